The maximum atomic E-state index is 12.0. The minimum absolute atomic E-state index is 0.273. The molecular weight excluding hydrogens is 252 g/mol. The van der Waals surface area contributed by atoms with E-state index >= 15 is 0 Å². The van der Waals surface area contributed by atoms with Crippen molar-refractivity contribution in [2.75, 3.05) is 13.2 Å². The van der Waals surface area contributed by atoms with Crippen molar-refractivity contribution in [3.8, 4) is 0 Å². The van der Waals surface area contributed by atoms with Crippen molar-refractivity contribution in [1.29, 1.82) is 0 Å². The fraction of sp³-hybridized carbons (Fsp3) is 0.471. The van der Waals surface area contributed by atoms with Crippen LogP contribution in [0.25, 0.3) is 6.08 Å². The molecule has 3 heteroatoms. The van der Waals surface area contributed by atoms with Crippen LogP contribution in [0.5, 0.6) is 0 Å². The van der Waals surface area contributed by atoms with E-state index in [0.717, 1.165) is 31.6 Å². The largest absolute Gasteiger partial charge is 0.456 e. The maximum absolute atomic E-state index is 12.0. The molecule has 108 valence electrons. The van der Waals surface area contributed by atoms with Gasteiger partial charge in [0, 0.05) is 0 Å². The number of carbonyl (C=O) groups is 1. The van der Waals surface area contributed by atoms with Crippen LogP contribution in [0.1, 0.15) is 49.5 Å². The first kappa shape index (κ1) is 14.8. The van der Waals surface area contributed by atoms with Crippen molar-refractivity contribution in [2.24, 2.45) is 0 Å². The van der Waals surface area contributed by atoms with Crippen LogP contribution in [-0.4, -0.2) is 24.8 Å². The smallest absolute Gasteiger partial charge is 0.338 e. The highest BCUT2D eigenvalue weighted by atomic mass is 16.6. The van der Waals surface area contributed by atoms with Gasteiger partial charge in [-0.05, 0) is 51.3 Å². The van der Waals surface area contributed by atoms with E-state index in [1.807, 2.05) is 39.0 Å². The van der Waals surface area contributed by atoms with Crippen LogP contribution >= 0.6 is 0 Å². The highest BCUT2D eigenvalue weighted by Gasteiger charge is 2.17. The molecule has 0 aromatic heterocycles. The van der Waals surface area contributed by atoms with Crippen LogP contribution in [-0.2, 0) is 9.47 Å². The zero-order valence-corrected chi connectivity index (χ0v) is 12.4. The molecule has 0 saturated carbocycles. The normalized spacial score (nSPS) is 15.8. The third-order valence-corrected chi connectivity index (χ3v) is 3.03. The van der Waals surface area contributed by atoms with Crippen LogP contribution in [0.3, 0.4) is 0 Å². The molecule has 1 saturated heterocycles. The molecule has 0 aliphatic carbocycles. The van der Waals surface area contributed by atoms with Gasteiger partial charge in [0.05, 0.1) is 18.8 Å². The second-order valence-corrected chi connectivity index (χ2v) is 6.04. The molecule has 0 spiro atoms. The Morgan fingerprint density at radius 1 is 1.25 bits per heavy atom. The molecule has 1 aromatic carbocycles. The predicted molar refractivity (Wildman–Crippen MR) is 79.6 cm³/mol. The SMILES string of the molecule is CC(C)(C)OC(=O)c1cccc(C=C2CCOCC2)c1. The Morgan fingerprint density at radius 3 is 2.60 bits per heavy atom. The van der Waals surface area contributed by atoms with Crippen LogP contribution in [0.2, 0.25) is 0 Å². The molecular formula is C17H22O3. The van der Waals surface area contributed by atoms with Crippen LogP contribution in [0.4, 0.5) is 0 Å². The summed E-state index contributed by atoms with van der Waals surface area (Å²) in [6.45, 7) is 7.20. The Morgan fingerprint density at radius 2 is 1.95 bits per heavy atom. The standard InChI is InChI=1S/C17H22O3/c1-17(2,3)20-16(18)15-6-4-5-14(12-15)11-13-7-9-19-10-8-13/h4-6,11-12H,7-10H2,1-3H3. The van der Waals surface area contributed by atoms with Gasteiger partial charge in [0.15, 0.2) is 0 Å². The maximum Gasteiger partial charge on any atom is 0.338 e. The van der Waals surface area contributed by atoms with Gasteiger partial charge in [-0.1, -0.05) is 23.8 Å². The molecule has 0 N–H and O–H groups in total. The summed E-state index contributed by atoms with van der Waals surface area (Å²) in [4.78, 5) is 12.0. The second-order valence-electron chi connectivity index (χ2n) is 6.04. The summed E-state index contributed by atoms with van der Waals surface area (Å²) in [6, 6.07) is 7.58. The number of ether oxygens (including phenoxy) is 2. The van der Waals surface area contributed by atoms with E-state index in [2.05, 4.69) is 6.08 Å². The van der Waals surface area contributed by atoms with Gasteiger partial charge in [-0.2, -0.15) is 0 Å². The average molecular weight is 274 g/mol. The molecule has 2 rings (SSSR count). The third-order valence-electron chi connectivity index (χ3n) is 3.03. The summed E-state index contributed by atoms with van der Waals surface area (Å²) >= 11 is 0. The lowest BCUT2D eigenvalue weighted by molar-refractivity contribution is 0.00695. The number of hydrogen-bond acceptors (Lipinski definition) is 3. The first-order valence-electron chi connectivity index (χ1n) is 7.05. The Kier molecular flexibility index (Phi) is 4.61. The van der Waals surface area contributed by atoms with Crippen molar-refractivity contribution in [3.63, 3.8) is 0 Å². The molecule has 1 fully saturated rings. The molecule has 0 atom stereocenters. The van der Waals surface area contributed by atoms with E-state index in [9.17, 15) is 4.79 Å². The minimum atomic E-state index is -0.466. The molecule has 1 aliphatic rings. The van der Waals surface area contributed by atoms with E-state index in [1.165, 1.54) is 5.57 Å². The van der Waals surface area contributed by atoms with Gasteiger partial charge in [0.2, 0.25) is 0 Å². The quantitative estimate of drug-likeness (QED) is 0.769. The lowest BCUT2D eigenvalue weighted by Gasteiger charge is -2.19. The Balaban J connectivity index is 2.13. The van der Waals surface area contributed by atoms with Gasteiger partial charge in [-0.15, -0.1) is 0 Å². The summed E-state index contributed by atoms with van der Waals surface area (Å²) in [7, 11) is 0. The Labute approximate surface area is 120 Å². The van der Waals surface area contributed by atoms with Gasteiger partial charge >= 0.3 is 5.97 Å². The zero-order chi connectivity index (χ0) is 14.6. The van der Waals surface area contributed by atoms with Crippen molar-refractivity contribution in [1.82, 2.24) is 0 Å². The van der Waals surface area contributed by atoms with Crippen LogP contribution < -0.4 is 0 Å². The molecule has 0 amide bonds. The van der Waals surface area contributed by atoms with E-state index in [4.69, 9.17) is 9.47 Å². The predicted octanol–water partition coefficient (Wildman–Crippen LogP) is 3.84. The Bertz CT molecular complexity index is 501. The summed E-state index contributed by atoms with van der Waals surface area (Å²) < 4.78 is 10.7. The summed E-state index contributed by atoms with van der Waals surface area (Å²) in [5.74, 6) is -0.273. The molecule has 1 heterocycles. The van der Waals surface area contributed by atoms with E-state index in [-0.39, 0.29) is 5.97 Å². The highest BCUT2D eigenvalue weighted by Crippen LogP contribution is 2.19. The van der Waals surface area contributed by atoms with Gasteiger partial charge < -0.3 is 9.47 Å². The molecule has 1 aliphatic heterocycles. The zero-order valence-electron chi connectivity index (χ0n) is 12.4. The van der Waals surface area contributed by atoms with Crippen molar-refractivity contribution in [3.05, 3.63) is 41.0 Å². The lowest BCUT2D eigenvalue weighted by atomic mass is 10.0. The van der Waals surface area contributed by atoms with Crippen LogP contribution in [0, 0.1) is 0 Å². The fourth-order valence-corrected chi connectivity index (χ4v) is 2.11. The molecule has 0 unspecified atom stereocenters. The molecule has 1 aromatic rings. The minimum Gasteiger partial charge on any atom is -0.456 e. The van der Waals surface area contributed by atoms with Gasteiger partial charge in [-0.25, -0.2) is 4.79 Å². The molecule has 3 nitrogen and oxygen atoms in total. The Hall–Kier alpha value is -1.61. The summed E-state index contributed by atoms with van der Waals surface area (Å²) in [5.41, 5.74) is 2.55. The van der Waals surface area contributed by atoms with E-state index in [1.54, 1.807) is 6.07 Å². The van der Waals surface area contributed by atoms with Crippen molar-refractivity contribution in [2.45, 2.75) is 39.2 Å². The van der Waals surface area contributed by atoms with Crippen LogP contribution in [0.15, 0.2) is 29.8 Å². The third kappa shape index (κ3) is 4.49. The number of hydrogen-bond donors (Lipinski definition) is 0. The summed E-state index contributed by atoms with van der Waals surface area (Å²) in [5, 5.41) is 0. The molecule has 0 radical (unpaired) electrons. The first-order valence-corrected chi connectivity index (χ1v) is 7.05. The topological polar surface area (TPSA) is 35.5 Å². The second kappa shape index (κ2) is 6.23. The molecule has 20 heavy (non-hydrogen) atoms. The number of benzene rings is 1. The number of esters is 1. The lowest BCUT2D eigenvalue weighted by Crippen LogP contribution is -2.23. The van der Waals surface area contributed by atoms with Gasteiger partial charge in [-0.3, -0.25) is 0 Å². The first-order chi connectivity index (χ1) is 9.44. The highest BCUT2D eigenvalue weighted by molar-refractivity contribution is 5.90. The van der Waals surface area contributed by atoms with Gasteiger partial charge in [0.1, 0.15) is 5.60 Å². The number of carbonyl (C=O) groups excluding carboxylic acids is 1. The van der Waals surface area contributed by atoms with E-state index < -0.39 is 5.60 Å². The summed E-state index contributed by atoms with van der Waals surface area (Å²) in [6.07, 6.45) is 4.09. The number of rotatable bonds is 2. The fourth-order valence-electron chi connectivity index (χ4n) is 2.11. The molecule has 0 bridgehead atoms. The van der Waals surface area contributed by atoms with E-state index in [0.29, 0.717) is 5.56 Å². The van der Waals surface area contributed by atoms with Crippen molar-refractivity contribution >= 4 is 12.0 Å². The van der Waals surface area contributed by atoms with Crippen molar-refractivity contribution < 1.29 is 14.3 Å². The average Bonchev–Trinajstić information content (AvgIpc) is 2.38. The monoisotopic (exact) mass is 274 g/mol. The van der Waals surface area contributed by atoms with Gasteiger partial charge in [0.25, 0.3) is 0 Å².